The first-order valence-electron chi connectivity index (χ1n) is 7.88. The highest BCUT2D eigenvalue weighted by atomic mass is 16.3. The van der Waals surface area contributed by atoms with Crippen molar-refractivity contribution in [2.75, 3.05) is 13.2 Å². The van der Waals surface area contributed by atoms with Crippen molar-refractivity contribution in [1.82, 2.24) is 15.1 Å². The summed E-state index contributed by atoms with van der Waals surface area (Å²) >= 11 is 0. The van der Waals surface area contributed by atoms with E-state index < -0.39 is 0 Å². The second kappa shape index (κ2) is 7.94. The third-order valence-corrected chi connectivity index (χ3v) is 3.77. The maximum atomic E-state index is 12.1. The summed E-state index contributed by atoms with van der Waals surface area (Å²) in [6.45, 7) is 5.30. The Morgan fingerprint density at radius 2 is 2.14 bits per heavy atom. The monoisotopic (exact) mass is 303 g/mol. The van der Waals surface area contributed by atoms with Gasteiger partial charge in [0, 0.05) is 18.5 Å². The molecule has 0 spiro atoms. The molecule has 0 saturated heterocycles. The molecule has 0 saturated carbocycles. The molecule has 1 amide bonds. The molecule has 1 atom stereocenters. The molecule has 1 unspecified atom stereocenters. The number of amides is 1. The van der Waals surface area contributed by atoms with Gasteiger partial charge < -0.3 is 10.4 Å². The molecule has 0 aliphatic carbocycles. The average Bonchev–Trinajstić information content (AvgIpc) is 2.88. The number of nitrogens with zero attached hydrogens (tertiary/aromatic N) is 2. The first-order valence-corrected chi connectivity index (χ1v) is 7.88. The number of para-hydroxylation sites is 1. The zero-order valence-corrected chi connectivity index (χ0v) is 13.3. The molecule has 5 nitrogen and oxygen atoms in total. The summed E-state index contributed by atoms with van der Waals surface area (Å²) in [5.74, 6) is 0.840. The fraction of sp³-hybridized carbons (Fsp3) is 0.529. The van der Waals surface area contributed by atoms with Crippen LogP contribution in [0.15, 0.2) is 30.5 Å². The van der Waals surface area contributed by atoms with Crippen molar-refractivity contribution in [2.24, 2.45) is 11.8 Å². The van der Waals surface area contributed by atoms with Crippen molar-refractivity contribution in [1.29, 1.82) is 0 Å². The maximum Gasteiger partial charge on any atom is 0.241 e. The Hall–Kier alpha value is -1.88. The molecule has 2 N–H and O–H groups in total. The smallest absolute Gasteiger partial charge is 0.241 e. The maximum absolute atomic E-state index is 12.1. The number of carbonyl (C=O) groups excluding carboxylic acids is 1. The first kappa shape index (κ1) is 16.5. The van der Waals surface area contributed by atoms with E-state index in [0.29, 0.717) is 18.4 Å². The van der Waals surface area contributed by atoms with Crippen LogP contribution in [0.1, 0.15) is 26.7 Å². The van der Waals surface area contributed by atoms with E-state index in [-0.39, 0.29) is 19.1 Å². The predicted molar refractivity (Wildman–Crippen MR) is 87.4 cm³/mol. The molecule has 5 heteroatoms. The summed E-state index contributed by atoms with van der Waals surface area (Å²) in [5, 5.41) is 17.4. The summed E-state index contributed by atoms with van der Waals surface area (Å²) in [6.07, 6.45) is 3.50. The first-order chi connectivity index (χ1) is 10.6. The molecule has 0 radical (unpaired) electrons. The lowest BCUT2D eigenvalue weighted by molar-refractivity contribution is -0.122. The van der Waals surface area contributed by atoms with Gasteiger partial charge in [0.1, 0.15) is 6.54 Å². The van der Waals surface area contributed by atoms with Crippen LogP contribution in [0.4, 0.5) is 0 Å². The standard InChI is InChI=1S/C17H25N3O2/c1-13(2)9-14(7-8-21)10-18-17(22)12-20-16-6-4-3-5-15(16)11-19-20/h3-6,11,13-14,21H,7-10,12H2,1-2H3,(H,18,22). The van der Waals surface area contributed by atoms with Crippen LogP contribution in [0.3, 0.4) is 0 Å². The van der Waals surface area contributed by atoms with Crippen molar-refractivity contribution < 1.29 is 9.90 Å². The molecule has 0 aliphatic rings. The lowest BCUT2D eigenvalue weighted by Crippen LogP contribution is -2.33. The Balaban J connectivity index is 1.89. The molecular formula is C17H25N3O2. The highest BCUT2D eigenvalue weighted by Crippen LogP contribution is 2.15. The van der Waals surface area contributed by atoms with E-state index in [1.807, 2.05) is 24.3 Å². The minimum Gasteiger partial charge on any atom is -0.396 e. The molecule has 2 rings (SSSR count). The second-order valence-electron chi connectivity index (χ2n) is 6.17. The fourth-order valence-electron chi connectivity index (χ4n) is 2.75. The van der Waals surface area contributed by atoms with Gasteiger partial charge in [-0.1, -0.05) is 32.0 Å². The summed E-state index contributed by atoms with van der Waals surface area (Å²) in [5.41, 5.74) is 0.965. The topological polar surface area (TPSA) is 67.2 Å². The lowest BCUT2D eigenvalue weighted by atomic mass is 9.94. The second-order valence-corrected chi connectivity index (χ2v) is 6.17. The lowest BCUT2D eigenvalue weighted by Gasteiger charge is -2.18. The van der Waals surface area contributed by atoms with E-state index in [0.717, 1.165) is 23.7 Å². The minimum atomic E-state index is -0.0412. The summed E-state index contributed by atoms with van der Waals surface area (Å²) in [4.78, 5) is 12.1. The van der Waals surface area contributed by atoms with Gasteiger partial charge in [-0.25, -0.2) is 0 Å². The van der Waals surface area contributed by atoms with E-state index in [1.165, 1.54) is 0 Å². The van der Waals surface area contributed by atoms with E-state index in [2.05, 4.69) is 24.3 Å². The highest BCUT2D eigenvalue weighted by Gasteiger charge is 2.13. The van der Waals surface area contributed by atoms with Crippen LogP contribution in [0.2, 0.25) is 0 Å². The van der Waals surface area contributed by atoms with Crippen LogP contribution in [-0.4, -0.2) is 33.9 Å². The van der Waals surface area contributed by atoms with Crippen LogP contribution in [0.25, 0.3) is 10.9 Å². The molecule has 1 heterocycles. The molecule has 0 bridgehead atoms. The van der Waals surface area contributed by atoms with E-state index in [9.17, 15) is 4.79 Å². The Labute approximate surface area is 131 Å². The van der Waals surface area contributed by atoms with Crippen LogP contribution >= 0.6 is 0 Å². The molecule has 0 fully saturated rings. The molecule has 120 valence electrons. The Kier molecular flexibility index (Phi) is 5.95. The van der Waals surface area contributed by atoms with Gasteiger partial charge in [-0.15, -0.1) is 0 Å². The average molecular weight is 303 g/mol. The number of nitrogens with one attached hydrogen (secondary N) is 1. The van der Waals surface area contributed by atoms with E-state index in [4.69, 9.17) is 5.11 Å². The van der Waals surface area contributed by atoms with Crippen molar-refractivity contribution in [3.05, 3.63) is 30.5 Å². The quantitative estimate of drug-likeness (QED) is 0.785. The zero-order chi connectivity index (χ0) is 15.9. The van der Waals surface area contributed by atoms with Gasteiger partial charge in [0.15, 0.2) is 0 Å². The normalized spacial score (nSPS) is 12.7. The van der Waals surface area contributed by atoms with Crippen LogP contribution < -0.4 is 5.32 Å². The molecule has 22 heavy (non-hydrogen) atoms. The van der Waals surface area contributed by atoms with Crippen LogP contribution in [0.5, 0.6) is 0 Å². The fourth-order valence-corrected chi connectivity index (χ4v) is 2.75. The third kappa shape index (κ3) is 4.56. The van der Waals surface area contributed by atoms with Gasteiger partial charge in [-0.05, 0) is 30.7 Å². The summed E-state index contributed by atoms with van der Waals surface area (Å²) in [6, 6.07) is 7.84. The van der Waals surface area contributed by atoms with Gasteiger partial charge in [-0.3, -0.25) is 9.48 Å². The number of aliphatic hydroxyl groups excluding tert-OH is 1. The number of benzene rings is 1. The van der Waals surface area contributed by atoms with Crippen LogP contribution in [0, 0.1) is 11.8 Å². The van der Waals surface area contributed by atoms with Gasteiger partial charge in [0.25, 0.3) is 0 Å². The van der Waals surface area contributed by atoms with Gasteiger partial charge in [0.05, 0.1) is 11.7 Å². The van der Waals surface area contributed by atoms with Gasteiger partial charge in [-0.2, -0.15) is 5.10 Å². The SMILES string of the molecule is CC(C)CC(CCO)CNC(=O)Cn1ncc2ccccc21. The number of hydrogen-bond donors (Lipinski definition) is 2. The molecule has 0 aliphatic heterocycles. The number of hydrogen-bond acceptors (Lipinski definition) is 3. The molecule has 2 aromatic rings. The highest BCUT2D eigenvalue weighted by molar-refractivity contribution is 5.81. The Morgan fingerprint density at radius 1 is 1.36 bits per heavy atom. The summed E-state index contributed by atoms with van der Waals surface area (Å²) < 4.78 is 1.72. The number of aliphatic hydroxyl groups is 1. The van der Waals surface area contributed by atoms with Crippen LogP contribution in [-0.2, 0) is 11.3 Å². The predicted octanol–water partition coefficient (Wildman–Crippen LogP) is 2.20. The zero-order valence-electron chi connectivity index (χ0n) is 13.3. The number of aromatic nitrogens is 2. The van der Waals surface area contributed by atoms with Gasteiger partial charge in [0.2, 0.25) is 5.91 Å². The third-order valence-electron chi connectivity index (χ3n) is 3.77. The van der Waals surface area contributed by atoms with Gasteiger partial charge >= 0.3 is 0 Å². The van der Waals surface area contributed by atoms with Crippen molar-refractivity contribution in [3.63, 3.8) is 0 Å². The van der Waals surface area contributed by atoms with Crippen molar-refractivity contribution >= 4 is 16.8 Å². The summed E-state index contributed by atoms with van der Waals surface area (Å²) in [7, 11) is 0. The molecule has 1 aromatic heterocycles. The molecular weight excluding hydrogens is 278 g/mol. The number of rotatable bonds is 8. The van der Waals surface area contributed by atoms with E-state index >= 15 is 0 Å². The molecule has 1 aromatic carbocycles. The minimum absolute atomic E-state index is 0.0412. The largest absolute Gasteiger partial charge is 0.396 e. The van der Waals surface area contributed by atoms with E-state index in [1.54, 1.807) is 10.9 Å². The number of carbonyl (C=O) groups is 1. The van der Waals surface area contributed by atoms with Crippen molar-refractivity contribution in [2.45, 2.75) is 33.2 Å². The Bertz CT molecular complexity index is 607. The number of fused-ring (bicyclic) bond motifs is 1. The van der Waals surface area contributed by atoms with Crippen molar-refractivity contribution in [3.8, 4) is 0 Å². The Morgan fingerprint density at radius 3 is 2.86 bits per heavy atom.